The molecule has 0 unspecified atom stereocenters. The molecule has 8 nitrogen and oxygen atoms in total. The Bertz CT molecular complexity index is 641. The molecule has 3 fully saturated rings. The molecular formula is C18H30N6O2. The fourth-order valence-corrected chi connectivity index (χ4v) is 4.66. The Morgan fingerprint density at radius 1 is 1.08 bits per heavy atom. The number of aliphatic hydroxyl groups is 1. The van der Waals surface area contributed by atoms with Gasteiger partial charge in [-0.25, -0.2) is 0 Å². The van der Waals surface area contributed by atoms with E-state index in [1.807, 2.05) is 0 Å². The van der Waals surface area contributed by atoms with Crippen LogP contribution in [-0.2, 0) is 4.74 Å². The van der Waals surface area contributed by atoms with Crippen molar-refractivity contribution >= 4 is 17.6 Å². The van der Waals surface area contributed by atoms with E-state index in [4.69, 9.17) is 10.5 Å². The zero-order valence-electron chi connectivity index (χ0n) is 15.8. The van der Waals surface area contributed by atoms with Crippen LogP contribution in [0.1, 0.15) is 19.3 Å². The maximum Gasteiger partial charge on any atom is 0.223 e. The number of nitrogens with two attached hydrogens (primary N) is 1. The van der Waals surface area contributed by atoms with Gasteiger partial charge in [-0.3, -0.25) is 0 Å². The van der Waals surface area contributed by atoms with Crippen LogP contribution < -0.4 is 15.5 Å². The number of piperazine rings is 1. The first-order valence-electron chi connectivity index (χ1n) is 9.56. The lowest BCUT2D eigenvalue weighted by molar-refractivity contribution is -0.190. The zero-order chi connectivity index (χ0) is 18.3. The van der Waals surface area contributed by atoms with Gasteiger partial charge in [0.2, 0.25) is 5.95 Å². The summed E-state index contributed by atoms with van der Waals surface area (Å²) in [5.41, 5.74) is 5.93. The van der Waals surface area contributed by atoms with E-state index < -0.39 is 0 Å². The molecule has 26 heavy (non-hydrogen) atoms. The third-order valence-corrected chi connectivity index (χ3v) is 6.59. The molecule has 2 saturated heterocycles. The summed E-state index contributed by atoms with van der Waals surface area (Å²) in [4.78, 5) is 15.8. The third-order valence-electron chi connectivity index (χ3n) is 6.59. The second-order valence-electron chi connectivity index (χ2n) is 7.93. The highest BCUT2D eigenvalue weighted by Crippen LogP contribution is 2.51. The number of rotatable bonds is 3. The molecule has 3 N–H and O–H groups in total. The number of ether oxygens (including phenoxy) is 1. The molecule has 1 aliphatic carbocycles. The van der Waals surface area contributed by atoms with Crippen molar-refractivity contribution in [2.75, 3.05) is 69.0 Å². The average molecular weight is 362 g/mol. The van der Waals surface area contributed by atoms with Gasteiger partial charge in [0.05, 0.1) is 12.2 Å². The zero-order valence-corrected chi connectivity index (χ0v) is 15.8. The standard InChI is InChI=1S/C18H30N6O2/c1-22-7-9-24(10-8-22)16-12-15(20-17(19)21-16)23-5-3-18(4-6-23)13(25)11-14(18)26-2/h12-14,25H,3-11H2,1-2H3,(H2,19,20,21)/t13-,14+/m1/s1. The summed E-state index contributed by atoms with van der Waals surface area (Å²) in [6.07, 6.45) is 2.52. The van der Waals surface area contributed by atoms with Crippen molar-refractivity contribution in [2.45, 2.75) is 31.5 Å². The van der Waals surface area contributed by atoms with Crippen LogP contribution in [0.25, 0.3) is 0 Å². The van der Waals surface area contributed by atoms with Crippen LogP contribution in [0.5, 0.6) is 0 Å². The van der Waals surface area contributed by atoms with E-state index >= 15 is 0 Å². The molecule has 0 aromatic carbocycles. The lowest BCUT2D eigenvalue weighted by Gasteiger charge is -2.56. The highest BCUT2D eigenvalue weighted by atomic mass is 16.5. The van der Waals surface area contributed by atoms with Gasteiger partial charge < -0.3 is 30.3 Å². The van der Waals surface area contributed by atoms with Gasteiger partial charge in [-0.1, -0.05) is 0 Å². The number of likely N-dealkylation sites (N-methyl/N-ethyl adjacent to an activating group) is 1. The summed E-state index contributed by atoms with van der Waals surface area (Å²) in [5, 5.41) is 10.3. The molecule has 1 spiro atoms. The monoisotopic (exact) mass is 362 g/mol. The molecule has 144 valence electrons. The maximum atomic E-state index is 10.3. The Morgan fingerprint density at radius 3 is 2.19 bits per heavy atom. The molecule has 1 aromatic heterocycles. The summed E-state index contributed by atoms with van der Waals surface area (Å²) < 4.78 is 5.58. The SMILES string of the molecule is CO[C@H]1C[C@@H](O)C12CCN(c1cc(N3CCN(C)CC3)nc(N)n1)CC2. The minimum Gasteiger partial charge on any atom is -0.392 e. The molecular weight excluding hydrogens is 332 g/mol. The molecule has 4 rings (SSSR count). The number of anilines is 3. The number of hydrogen-bond acceptors (Lipinski definition) is 8. The maximum absolute atomic E-state index is 10.3. The van der Waals surface area contributed by atoms with Crippen molar-refractivity contribution in [3.8, 4) is 0 Å². The fourth-order valence-electron chi connectivity index (χ4n) is 4.66. The number of aromatic nitrogens is 2. The Kier molecular flexibility index (Phi) is 4.66. The van der Waals surface area contributed by atoms with Gasteiger partial charge >= 0.3 is 0 Å². The number of piperidine rings is 1. The second-order valence-corrected chi connectivity index (χ2v) is 7.93. The van der Waals surface area contributed by atoms with Crippen molar-refractivity contribution in [3.05, 3.63) is 6.07 Å². The van der Waals surface area contributed by atoms with Crippen LogP contribution in [0.15, 0.2) is 6.07 Å². The van der Waals surface area contributed by atoms with Gasteiger partial charge in [-0.05, 0) is 19.9 Å². The van der Waals surface area contributed by atoms with E-state index in [2.05, 4.69) is 37.8 Å². The highest BCUT2D eigenvalue weighted by Gasteiger charge is 2.55. The second kappa shape index (κ2) is 6.83. The van der Waals surface area contributed by atoms with Gasteiger partial charge in [0.15, 0.2) is 0 Å². The molecule has 3 heterocycles. The number of hydrogen-bond donors (Lipinski definition) is 2. The number of nitrogens with zero attached hydrogens (tertiary/aromatic N) is 5. The molecule has 1 aromatic rings. The summed E-state index contributed by atoms with van der Waals surface area (Å²) in [7, 11) is 3.89. The molecule has 1 saturated carbocycles. The summed E-state index contributed by atoms with van der Waals surface area (Å²) >= 11 is 0. The Morgan fingerprint density at radius 2 is 1.65 bits per heavy atom. The van der Waals surface area contributed by atoms with Crippen LogP contribution in [-0.4, -0.2) is 85.6 Å². The number of aliphatic hydroxyl groups excluding tert-OH is 1. The smallest absolute Gasteiger partial charge is 0.223 e. The number of nitrogen functional groups attached to an aromatic ring is 1. The van der Waals surface area contributed by atoms with E-state index in [1.54, 1.807) is 7.11 Å². The predicted molar refractivity (Wildman–Crippen MR) is 101 cm³/mol. The molecule has 2 aliphatic heterocycles. The lowest BCUT2D eigenvalue weighted by atomic mass is 9.58. The Balaban J connectivity index is 1.47. The van der Waals surface area contributed by atoms with Crippen LogP contribution in [0.4, 0.5) is 17.6 Å². The highest BCUT2D eigenvalue weighted by molar-refractivity contribution is 5.54. The fraction of sp³-hybridized carbons (Fsp3) is 0.778. The van der Waals surface area contributed by atoms with Crippen molar-refractivity contribution < 1.29 is 9.84 Å². The van der Waals surface area contributed by atoms with E-state index in [1.165, 1.54) is 0 Å². The molecule has 0 bridgehead atoms. The van der Waals surface area contributed by atoms with Crippen LogP contribution in [0, 0.1) is 5.41 Å². The van der Waals surface area contributed by atoms with E-state index in [0.29, 0.717) is 5.95 Å². The van der Waals surface area contributed by atoms with Gasteiger partial charge in [0, 0.05) is 64.3 Å². The Labute approximate surface area is 154 Å². The molecule has 3 aliphatic rings. The molecule has 0 amide bonds. The molecule has 0 radical (unpaired) electrons. The first-order valence-corrected chi connectivity index (χ1v) is 9.56. The minimum atomic E-state index is -0.244. The minimum absolute atomic E-state index is 0.0793. The van der Waals surface area contributed by atoms with E-state index in [0.717, 1.165) is 70.2 Å². The topological polar surface area (TPSA) is 91.0 Å². The lowest BCUT2D eigenvalue weighted by Crippen LogP contribution is -2.62. The summed E-state index contributed by atoms with van der Waals surface area (Å²) in [5.74, 6) is 2.14. The summed E-state index contributed by atoms with van der Waals surface area (Å²) in [6, 6.07) is 2.06. The van der Waals surface area contributed by atoms with Crippen LogP contribution >= 0.6 is 0 Å². The van der Waals surface area contributed by atoms with Crippen molar-refractivity contribution in [2.24, 2.45) is 5.41 Å². The third kappa shape index (κ3) is 3.00. The van der Waals surface area contributed by atoms with Crippen molar-refractivity contribution in [1.29, 1.82) is 0 Å². The first kappa shape index (κ1) is 17.8. The van der Waals surface area contributed by atoms with Crippen LogP contribution in [0.2, 0.25) is 0 Å². The molecule has 8 heteroatoms. The van der Waals surface area contributed by atoms with Crippen LogP contribution in [0.3, 0.4) is 0 Å². The van der Waals surface area contributed by atoms with Gasteiger partial charge in [-0.15, -0.1) is 0 Å². The summed E-state index contributed by atoms with van der Waals surface area (Å²) in [6.45, 7) is 5.68. The van der Waals surface area contributed by atoms with Crippen molar-refractivity contribution in [1.82, 2.24) is 14.9 Å². The quantitative estimate of drug-likeness (QED) is 0.787. The predicted octanol–water partition coefficient (Wildman–Crippen LogP) is 0.177. The Hall–Kier alpha value is -1.64. The van der Waals surface area contributed by atoms with Crippen molar-refractivity contribution in [3.63, 3.8) is 0 Å². The molecule has 2 atom stereocenters. The average Bonchev–Trinajstić information content (AvgIpc) is 2.66. The van der Waals surface area contributed by atoms with Gasteiger partial charge in [0.25, 0.3) is 0 Å². The first-order chi connectivity index (χ1) is 12.5. The largest absolute Gasteiger partial charge is 0.392 e. The van der Waals surface area contributed by atoms with Gasteiger partial charge in [0.1, 0.15) is 11.6 Å². The van der Waals surface area contributed by atoms with E-state index in [-0.39, 0.29) is 17.6 Å². The van der Waals surface area contributed by atoms with Gasteiger partial charge in [-0.2, -0.15) is 9.97 Å². The van der Waals surface area contributed by atoms with E-state index in [9.17, 15) is 5.11 Å². The normalized spacial score (nSPS) is 29.0. The number of methoxy groups -OCH3 is 1.